The van der Waals surface area contributed by atoms with E-state index in [-0.39, 0.29) is 6.54 Å². The number of benzene rings is 1. The summed E-state index contributed by atoms with van der Waals surface area (Å²) >= 11 is 0. The topological polar surface area (TPSA) is 55.5 Å². The van der Waals surface area contributed by atoms with Crippen molar-refractivity contribution in [2.45, 2.75) is 20.0 Å². The fourth-order valence-electron chi connectivity index (χ4n) is 0.985. The van der Waals surface area contributed by atoms with Crippen molar-refractivity contribution in [3.05, 3.63) is 29.8 Å². The van der Waals surface area contributed by atoms with E-state index in [9.17, 15) is 5.11 Å². The smallest absolute Gasteiger partial charge is 0.119 e. The average molecular weight is 197 g/mol. The largest absolute Gasteiger partial charge is 0.497 e. The van der Waals surface area contributed by atoms with Gasteiger partial charge in [0, 0.05) is 6.54 Å². The van der Waals surface area contributed by atoms with Gasteiger partial charge in [0.05, 0.1) is 13.2 Å². The molecule has 80 valence electrons. The molecule has 0 aliphatic carbocycles. The molecule has 3 N–H and O–H groups in total. The number of hydrogen-bond acceptors (Lipinski definition) is 3. The molecule has 0 fully saturated rings. The number of hydrogen-bond donors (Lipinski definition) is 2. The van der Waals surface area contributed by atoms with Crippen LogP contribution in [-0.2, 0) is 0 Å². The van der Waals surface area contributed by atoms with Gasteiger partial charge in [0.1, 0.15) is 5.75 Å². The summed E-state index contributed by atoms with van der Waals surface area (Å²) < 4.78 is 5.00. The molecule has 0 aliphatic rings. The van der Waals surface area contributed by atoms with Gasteiger partial charge in [-0.2, -0.15) is 0 Å². The molecule has 1 unspecified atom stereocenters. The normalized spacial score (nSPS) is 11.2. The molecule has 0 bridgehead atoms. The maximum Gasteiger partial charge on any atom is 0.119 e. The van der Waals surface area contributed by atoms with E-state index in [0.717, 1.165) is 11.3 Å². The van der Waals surface area contributed by atoms with Crippen molar-refractivity contribution in [3.63, 3.8) is 0 Å². The Hall–Kier alpha value is -1.06. The summed E-state index contributed by atoms with van der Waals surface area (Å²) in [4.78, 5) is 0. The minimum absolute atomic E-state index is 0.229. The van der Waals surface area contributed by atoms with Crippen LogP contribution in [0.25, 0.3) is 0 Å². The third-order valence-electron chi connectivity index (χ3n) is 1.70. The highest BCUT2D eigenvalue weighted by atomic mass is 16.5. The van der Waals surface area contributed by atoms with Crippen molar-refractivity contribution in [1.29, 1.82) is 0 Å². The molecule has 1 aromatic carbocycles. The molecule has 3 nitrogen and oxygen atoms in total. The Labute approximate surface area is 85.5 Å². The number of ether oxygens (including phenoxy) is 1. The van der Waals surface area contributed by atoms with Crippen LogP contribution in [0.1, 0.15) is 25.5 Å². The van der Waals surface area contributed by atoms with Crippen molar-refractivity contribution >= 4 is 0 Å². The molecule has 3 heteroatoms. The molecular weight excluding hydrogens is 178 g/mol. The molecule has 14 heavy (non-hydrogen) atoms. The molecule has 0 aromatic heterocycles. The third-order valence-corrected chi connectivity index (χ3v) is 1.70. The Morgan fingerprint density at radius 2 is 2.07 bits per heavy atom. The maximum atomic E-state index is 9.37. The van der Waals surface area contributed by atoms with Crippen LogP contribution in [0.5, 0.6) is 5.75 Å². The predicted octanol–water partition coefficient (Wildman–Crippen LogP) is 1.71. The van der Waals surface area contributed by atoms with Gasteiger partial charge in [0.2, 0.25) is 0 Å². The van der Waals surface area contributed by atoms with E-state index in [4.69, 9.17) is 10.5 Å². The second kappa shape index (κ2) is 7.35. The second-order valence-corrected chi connectivity index (χ2v) is 2.53. The summed E-state index contributed by atoms with van der Waals surface area (Å²) in [5.41, 5.74) is 6.09. The highest BCUT2D eigenvalue weighted by Crippen LogP contribution is 2.17. The van der Waals surface area contributed by atoms with Crippen LogP contribution in [0.2, 0.25) is 0 Å². The van der Waals surface area contributed by atoms with Gasteiger partial charge in [-0.05, 0) is 17.7 Å². The summed E-state index contributed by atoms with van der Waals surface area (Å²) in [5, 5.41) is 9.37. The van der Waals surface area contributed by atoms with Gasteiger partial charge in [-0.15, -0.1) is 0 Å². The Morgan fingerprint density at radius 3 is 2.57 bits per heavy atom. The predicted molar refractivity (Wildman–Crippen MR) is 58.4 cm³/mol. The Morgan fingerprint density at radius 1 is 1.43 bits per heavy atom. The SMILES string of the molecule is CC.COc1cccc(C(O)CN)c1. The quantitative estimate of drug-likeness (QED) is 0.775. The summed E-state index contributed by atoms with van der Waals surface area (Å²) in [5.74, 6) is 0.736. The molecule has 0 heterocycles. The van der Waals surface area contributed by atoms with Crippen LogP contribution in [-0.4, -0.2) is 18.8 Å². The lowest BCUT2D eigenvalue weighted by Crippen LogP contribution is -2.11. The molecule has 1 rings (SSSR count). The molecule has 0 radical (unpaired) electrons. The van der Waals surface area contributed by atoms with Gasteiger partial charge < -0.3 is 15.6 Å². The van der Waals surface area contributed by atoms with Crippen molar-refractivity contribution in [2.24, 2.45) is 5.73 Å². The Balaban J connectivity index is 0.000000791. The molecule has 0 aliphatic heterocycles. The molecule has 1 atom stereocenters. The monoisotopic (exact) mass is 197 g/mol. The maximum absolute atomic E-state index is 9.37. The summed E-state index contributed by atoms with van der Waals surface area (Å²) in [6, 6.07) is 7.25. The summed E-state index contributed by atoms with van der Waals surface area (Å²) in [6.45, 7) is 4.23. The van der Waals surface area contributed by atoms with Crippen molar-refractivity contribution in [1.82, 2.24) is 0 Å². The lowest BCUT2D eigenvalue weighted by atomic mass is 10.1. The van der Waals surface area contributed by atoms with Gasteiger partial charge in [-0.25, -0.2) is 0 Å². The zero-order chi connectivity index (χ0) is 11.0. The summed E-state index contributed by atoms with van der Waals surface area (Å²) in [6.07, 6.45) is -0.597. The van der Waals surface area contributed by atoms with Crippen molar-refractivity contribution < 1.29 is 9.84 Å². The first-order valence-electron chi connectivity index (χ1n) is 4.80. The Kier molecular flexibility index (Phi) is 6.80. The number of aliphatic hydroxyl groups is 1. The first-order valence-corrected chi connectivity index (χ1v) is 4.80. The van der Waals surface area contributed by atoms with Crippen molar-refractivity contribution in [2.75, 3.05) is 13.7 Å². The number of rotatable bonds is 3. The lowest BCUT2D eigenvalue weighted by molar-refractivity contribution is 0.186. The van der Waals surface area contributed by atoms with Crippen molar-refractivity contribution in [3.8, 4) is 5.75 Å². The molecular formula is C11H19NO2. The highest BCUT2D eigenvalue weighted by molar-refractivity contribution is 5.29. The van der Waals surface area contributed by atoms with E-state index >= 15 is 0 Å². The van der Waals surface area contributed by atoms with E-state index in [1.807, 2.05) is 32.0 Å². The third kappa shape index (κ3) is 3.77. The second-order valence-electron chi connectivity index (χ2n) is 2.53. The lowest BCUT2D eigenvalue weighted by Gasteiger charge is -2.08. The highest BCUT2D eigenvalue weighted by Gasteiger charge is 2.04. The van der Waals surface area contributed by atoms with E-state index in [2.05, 4.69) is 0 Å². The van der Waals surface area contributed by atoms with Crippen LogP contribution >= 0.6 is 0 Å². The van der Waals surface area contributed by atoms with Gasteiger partial charge in [-0.3, -0.25) is 0 Å². The molecule has 1 aromatic rings. The number of methoxy groups -OCH3 is 1. The van der Waals surface area contributed by atoms with Gasteiger partial charge in [0.15, 0.2) is 0 Å². The summed E-state index contributed by atoms with van der Waals surface area (Å²) in [7, 11) is 1.59. The van der Waals surface area contributed by atoms with Crippen LogP contribution in [0.3, 0.4) is 0 Å². The zero-order valence-corrected chi connectivity index (χ0v) is 9.03. The fourth-order valence-corrected chi connectivity index (χ4v) is 0.985. The minimum Gasteiger partial charge on any atom is -0.497 e. The van der Waals surface area contributed by atoms with E-state index < -0.39 is 6.10 Å². The molecule has 0 saturated carbocycles. The van der Waals surface area contributed by atoms with Crippen LogP contribution < -0.4 is 10.5 Å². The van der Waals surface area contributed by atoms with Crippen LogP contribution in [0, 0.1) is 0 Å². The van der Waals surface area contributed by atoms with Crippen LogP contribution in [0.15, 0.2) is 24.3 Å². The van der Waals surface area contributed by atoms with E-state index in [0.29, 0.717) is 0 Å². The van der Waals surface area contributed by atoms with Gasteiger partial charge >= 0.3 is 0 Å². The van der Waals surface area contributed by atoms with Gasteiger partial charge in [-0.1, -0.05) is 26.0 Å². The molecule has 0 saturated heterocycles. The van der Waals surface area contributed by atoms with E-state index in [1.54, 1.807) is 13.2 Å². The van der Waals surface area contributed by atoms with Gasteiger partial charge in [0.25, 0.3) is 0 Å². The Bertz CT molecular complexity index is 251. The zero-order valence-electron chi connectivity index (χ0n) is 9.03. The number of aliphatic hydroxyl groups excluding tert-OH is 1. The standard InChI is InChI=1S/C9H13NO2.C2H6/c1-12-8-4-2-3-7(5-8)9(11)6-10;1-2/h2-5,9,11H,6,10H2,1H3;1-2H3. The first-order chi connectivity index (χ1) is 6.77. The number of nitrogens with two attached hydrogens (primary N) is 1. The fraction of sp³-hybridized carbons (Fsp3) is 0.455. The average Bonchev–Trinajstić information content (AvgIpc) is 2.30. The van der Waals surface area contributed by atoms with E-state index in [1.165, 1.54) is 0 Å². The minimum atomic E-state index is -0.597. The first kappa shape index (κ1) is 12.9. The molecule has 0 amide bonds. The van der Waals surface area contributed by atoms with Crippen LogP contribution in [0.4, 0.5) is 0 Å². The molecule has 0 spiro atoms.